The summed E-state index contributed by atoms with van der Waals surface area (Å²) in [6.07, 6.45) is 13.6. The highest BCUT2D eigenvalue weighted by Crippen LogP contribution is 2.31. The lowest BCUT2D eigenvalue weighted by Gasteiger charge is -2.33. The van der Waals surface area contributed by atoms with Gasteiger partial charge in [-0.3, -0.25) is 14.5 Å². The third-order valence-corrected chi connectivity index (χ3v) is 7.21. The van der Waals surface area contributed by atoms with Crippen LogP contribution in [0, 0.1) is 5.92 Å². The van der Waals surface area contributed by atoms with Gasteiger partial charge in [0.1, 0.15) is 17.7 Å². The summed E-state index contributed by atoms with van der Waals surface area (Å²) in [5.41, 5.74) is 5.66. The summed E-state index contributed by atoms with van der Waals surface area (Å²) in [4.78, 5) is 42.8. The van der Waals surface area contributed by atoms with Gasteiger partial charge in [-0.25, -0.2) is 9.78 Å². The van der Waals surface area contributed by atoms with Crippen molar-refractivity contribution in [3.8, 4) is 5.88 Å². The number of rotatable bonds is 7. The predicted octanol–water partition coefficient (Wildman–Crippen LogP) is 3.54. The molecule has 3 N–H and O–H groups in total. The highest BCUT2D eigenvalue weighted by molar-refractivity contribution is 6.04. The highest BCUT2D eigenvalue weighted by atomic mass is 16.5. The van der Waals surface area contributed by atoms with Crippen LogP contribution in [0.1, 0.15) is 87.4 Å². The molecule has 2 saturated carbocycles. The molecule has 1 aromatic heterocycles. The second kappa shape index (κ2) is 10.3. The molecule has 8 heteroatoms. The molecule has 3 fully saturated rings. The van der Waals surface area contributed by atoms with Gasteiger partial charge in [-0.1, -0.05) is 38.5 Å². The van der Waals surface area contributed by atoms with Crippen molar-refractivity contribution >= 4 is 17.8 Å². The van der Waals surface area contributed by atoms with E-state index in [1.165, 1.54) is 43.4 Å². The van der Waals surface area contributed by atoms with Gasteiger partial charge in [0.25, 0.3) is 11.8 Å². The number of imide groups is 1. The van der Waals surface area contributed by atoms with Gasteiger partial charge in [-0.05, 0) is 56.6 Å². The number of pyridine rings is 1. The first-order valence-corrected chi connectivity index (χ1v) is 12.1. The van der Waals surface area contributed by atoms with E-state index in [1.807, 2.05) is 0 Å². The lowest BCUT2D eigenvalue weighted by molar-refractivity contribution is -0.130. The molecule has 1 unspecified atom stereocenters. The zero-order valence-electron chi connectivity index (χ0n) is 18.6. The van der Waals surface area contributed by atoms with Crippen molar-refractivity contribution in [1.82, 2.24) is 15.2 Å². The van der Waals surface area contributed by atoms with Gasteiger partial charge in [0.2, 0.25) is 5.88 Å². The van der Waals surface area contributed by atoms with E-state index in [2.05, 4.69) is 10.3 Å². The molecule has 0 aromatic carbocycles. The molecule has 2 aliphatic carbocycles. The fraction of sp³-hybridized carbons (Fsp3) is 0.667. The first-order valence-electron chi connectivity index (χ1n) is 12.1. The maximum atomic E-state index is 13.0. The number of nitrogens with two attached hydrogens (primary N) is 1. The third-order valence-electron chi connectivity index (χ3n) is 7.21. The molecular weight excluding hydrogens is 408 g/mol. The second-order valence-electron chi connectivity index (χ2n) is 9.41. The van der Waals surface area contributed by atoms with E-state index < -0.39 is 5.91 Å². The number of nitrogens with zero attached hydrogens (tertiary/aromatic N) is 2. The van der Waals surface area contributed by atoms with E-state index in [0.29, 0.717) is 31.6 Å². The number of ether oxygens (including phenoxy) is 1. The standard InChI is InChI=1S/C24H34N4O4/c25-21(29)19-8-5-15-26-22(19)32-18-12-10-17(11-13-18)28-23(30)20(27-24(28)31)14-9-16-6-3-1-2-4-7-16/h5,8,15-18,20H,1-4,6-7,9-14H2,(H2,25,29)(H,27,31). The Morgan fingerprint density at radius 2 is 1.78 bits per heavy atom. The number of hydrogen-bond acceptors (Lipinski definition) is 5. The van der Waals surface area contributed by atoms with Crippen molar-refractivity contribution < 1.29 is 19.1 Å². The number of nitrogens with one attached hydrogen (secondary N) is 1. The fourth-order valence-electron chi connectivity index (χ4n) is 5.40. The van der Waals surface area contributed by atoms with Crippen molar-refractivity contribution in [1.29, 1.82) is 0 Å². The number of hydrogen-bond donors (Lipinski definition) is 2. The van der Waals surface area contributed by atoms with Crippen molar-refractivity contribution in [3.05, 3.63) is 23.9 Å². The van der Waals surface area contributed by atoms with Gasteiger partial charge in [0, 0.05) is 12.2 Å². The van der Waals surface area contributed by atoms with Gasteiger partial charge >= 0.3 is 6.03 Å². The lowest BCUT2D eigenvalue weighted by atomic mass is 9.91. The summed E-state index contributed by atoms with van der Waals surface area (Å²) in [5, 5.41) is 2.92. The Balaban J connectivity index is 1.28. The average molecular weight is 443 g/mol. The quantitative estimate of drug-likeness (QED) is 0.495. The van der Waals surface area contributed by atoms with E-state index in [1.54, 1.807) is 18.3 Å². The van der Waals surface area contributed by atoms with Crippen LogP contribution in [-0.2, 0) is 4.79 Å². The molecule has 8 nitrogen and oxygen atoms in total. The SMILES string of the molecule is NC(=O)c1cccnc1OC1CCC(N2C(=O)NC(CCC3CCCCCC3)C2=O)CC1. The number of amides is 4. The smallest absolute Gasteiger partial charge is 0.325 e. The Bertz CT molecular complexity index is 829. The van der Waals surface area contributed by atoms with Crippen molar-refractivity contribution in [2.45, 2.75) is 95.2 Å². The number of carbonyl (C=O) groups is 3. The van der Waals surface area contributed by atoms with Crippen molar-refractivity contribution in [2.24, 2.45) is 11.7 Å². The summed E-state index contributed by atoms with van der Waals surface area (Å²) in [6, 6.07) is 2.49. The van der Waals surface area contributed by atoms with Crippen LogP contribution < -0.4 is 15.8 Å². The van der Waals surface area contributed by atoms with Gasteiger partial charge < -0.3 is 15.8 Å². The molecule has 0 spiro atoms. The molecule has 4 amide bonds. The lowest BCUT2D eigenvalue weighted by Crippen LogP contribution is -2.44. The molecule has 0 radical (unpaired) electrons. The van der Waals surface area contributed by atoms with Crippen LogP contribution >= 0.6 is 0 Å². The van der Waals surface area contributed by atoms with Gasteiger partial charge in [0.15, 0.2) is 0 Å². The van der Waals surface area contributed by atoms with E-state index in [9.17, 15) is 14.4 Å². The Hall–Kier alpha value is -2.64. The van der Waals surface area contributed by atoms with Crippen LogP contribution in [0.15, 0.2) is 18.3 Å². The normalized spacial score (nSPS) is 27.1. The van der Waals surface area contributed by atoms with Crippen LogP contribution in [0.2, 0.25) is 0 Å². The molecule has 2 heterocycles. The zero-order valence-corrected chi connectivity index (χ0v) is 18.6. The van der Waals surface area contributed by atoms with E-state index >= 15 is 0 Å². The van der Waals surface area contributed by atoms with Crippen LogP contribution in [-0.4, -0.2) is 45.9 Å². The third kappa shape index (κ3) is 5.22. The Kier molecular flexibility index (Phi) is 7.27. The largest absolute Gasteiger partial charge is 0.474 e. The fourth-order valence-corrected chi connectivity index (χ4v) is 5.40. The molecule has 1 aliphatic heterocycles. The van der Waals surface area contributed by atoms with Crippen LogP contribution in [0.5, 0.6) is 5.88 Å². The van der Waals surface area contributed by atoms with Crippen molar-refractivity contribution in [2.75, 3.05) is 0 Å². The Labute approximate surface area is 189 Å². The Morgan fingerprint density at radius 3 is 2.47 bits per heavy atom. The monoisotopic (exact) mass is 442 g/mol. The topological polar surface area (TPSA) is 115 Å². The Morgan fingerprint density at radius 1 is 1.06 bits per heavy atom. The number of urea groups is 1. The van der Waals surface area contributed by atoms with E-state index in [-0.39, 0.29) is 41.6 Å². The predicted molar refractivity (Wildman–Crippen MR) is 119 cm³/mol. The first-order chi connectivity index (χ1) is 15.5. The average Bonchev–Trinajstić information content (AvgIpc) is 2.95. The summed E-state index contributed by atoms with van der Waals surface area (Å²) < 4.78 is 5.93. The summed E-state index contributed by atoms with van der Waals surface area (Å²) in [7, 11) is 0. The minimum atomic E-state index is -0.573. The number of aromatic nitrogens is 1. The molecule has 174 valence electrons. The highest BCUT2D eigenvalue weighted by Gasteiger charge is 2.43. The number of carbonyl (C=O) groups excluding carboxylic acids is 3. The molecular formula is C24H34N4O4. The second-order valence-corrected chi connectivity index (χ2v) is 9.41. The molecule has 32 heavy (non-hydrogen) atoms. The molecule has 1 aromatic rings. The first kappa shape index (κ1) is 22.6. The molecule has 0 bridgehead atoms. The van der Waals surface area contributed by atoms with Gasteiger partial charge in [-0.15, -0.1) is 0 Å². The summed E-state index contributed by atoms with van der Waals surface area (Å²) in [5.74, 6) is 0.280. The molecule has 1 saturated heterocycles. The minimum absolute atomic E-state index is 0.0752. The van der Waals surface area contributed by atoms with Crippen LogP contribution in [0.3, 0.4) is 0 Å². The zero-order chi connectivity index (χ0) is 22.5. The maximum Gasteiger partial charge on any atom is 0.325 e. The molecule has 4 rings (SSSR count). The van der Waals surface area contributed by atoms with Gasteiger partial charge in [-0.2, -0.15) is 0 Å². The summed E-state index contributed by atoms with van der Waals surface area (Å²) in [6.45, 7) is 0. The van der Waals surface area contributed by atoms with E-state index in [0.717, 1.165) is 12.8 Å². The van der Waals surface area contributed by atoms with Crippen molar-refractivity contribution in [3.63, 3.8) is 0 Å². The van der Waals surface area contributed by atoms with Crippen LogP contribution in [0.4, 0.5) is 4.79 Å². The number of primary amides is 1. The van der Waals surface area contributed by atoms with Crippen LogP contribution in [0.25, 0.3) is 0 Å². The molecule has 3 aliphatic rings. The summed E-state index contributed by atoms with van der Waals surface area (Å²) >= 11 is 0. The minimum Gasteiger partial charge on any atom is -0.474 e. The van der Waals surface area contributed by atoms with Gasteiger partial charge in [0.05, 0.1) is 0 Å². The van der Waals surface area contributed by atoms with E-state index in [4.69, 9.17) is 10.5 Å². The molecule has 1 atom stereocenters. The maximum absolute atomic E-state index is 13.0.